The van der Waals surface area contributed by atoms with Crippen molar-refractivity contribution in [3.05, 3.63) is 0 Å². The fourth-order valence-electron chi connectivity index (χ4n) is 1.11. The maximum atomic E-state index is 11.7. The molecular formula is C10H19N3O2S. The second kappa shape index (κ2) is 6.42. The first-order chi connectivity index (χ1) is 7.25. The number of carbonyl (C=O) groups excluding carboxylic acids is 2. The number of hydrogen-bond donors (Lipinski definition) is 2. The molecule has 0 aliphatic carbocycles. The summed E-state index contributed by atoms with van der Waals surface area (Å²) in [4.78, 5) is 24.5. The molecule has 6 heteroatoms. The lowest BCUT2D eigenvalue weighted by molar-refractivity contribution is -0.136. The molecule has 0 aliphatic rings. The summed E-state index contributed by atoms with van der Waals surface area (Å²) in [5.41, 5.74) is 5.37. The van der Waals surface area contributed by atoms with E-state index in [0.29, 0.717) is 0 Å². The highest BCUT2D eigenvalue weighted by molar-refractivity contribution is 7.80. The molecule has 0 fully saturated rings. The number of nitrogens with two attached hydrogens (primary N) is 1. The third kappa shape index (κ3) is 5.06. The summed E-state index contributed by atoms with van der Waals surface area (Å²) in [7, 11) is 1.55. The Morgan fingerprint density at radius 2 is 1.88 bits per heavy atom. The minimum absolute atomic E-state index is 0.0178. The van der Waals surface area contributed by atoms with Crippen LogP contribution in [0.1, 0.15) is 20.8 Å². The van der Waals surface area contributed by atoms with E-state index >= 15 is 0 Å². The third-order valence-electron chi connectivity index (χ3n) is 2.00. The predicted octanol–water partition coefficient (Wildman–Crippen LogP) is -0.108. The van der Waals surface area contributed by atoms with Gasteiger partial charge in [-0.1, -0.05) is 12.2 Å². The van der Waals surface area contributed by atoms with E-state index in [4.69, 9.17) is 18.0 Å². The molecule has 0 aromatic rings. The Balaban J connectivity index is 4.25. The van der Waals surface area contributed by atoms with Gasteiger partial charge in [0.15, 0.2) is 0 Å². The Hall–Kier alpha value is -1.17. The lowest BCUT2D eigenvalue weighted by atomic mass is 10.1. The first-order valence-corrected chi connectivity index (χ1v) is 5.50. The van der Waals surface area contributed by atoms with Crippen LogP contribution < -0.4 is 11.1 Å². The number of nitrogens with zero attached hydrogens (tertiary/aromatic N) is 1. The molecule has 0 heterocycles. The molecule has 16 heavy (non-hydrogen) atoms. The van der Waals surface area contributed by atoms with Gasteiger partial charge in [0.05, 0.1) is 17.5 Å². The maximum Gasteiger partial charge on any atom is 0.239 e. The zero-order valence-corrected chi connectivity index (χ0v) is 10.9. The average Bonchev–Trinajstić information content (AvgIpc) is 2.13. The molecule has 1 atom stereocenters. The molecule has 0 rings (SSSR count). The molecule has 0 radical (unpaired) electrons. The quantitative estimate of drug-likeness (QED) is 0.663. The summed E-state index contributed by atoms with van der Waals surface area (Å²) in [6.45, 7) is 5.36. The van der Waals surface area contributed by atoms with Crippen molar-refractivity contribution in [1.82, 2.24) is 10.2 Å². The van der Waals surface area contributed by atoms with Crippen LogP contribution in [0.5, 0.6) is 0 Å². The Labute approximate surface area is 101 Å². The van der Waals surface area contributed by atoms with Crippen LogP contribution in [0.4, 0.5) is 0 Å². The van der Waals surface area contributed by atoms with Crippen LogP contribution in [0.2, 0.25) is 0 Å². The van der Waals surface area contributed by atoms with Gasteiger partial charge in [0, 0.05) is 13.1 Å². The van der Waals surface area contributed by atoms with Gasteiger partial charge in [-0.05, 0) is 20.8 Å². The minimum Gasteiger partial charge on any atom is -0.393 e. The number of thiocarbonyl (C=S) groups is 1. The predicted molar refractivity (Wildman–Crippen MR) is 66.9 cm³/mol. The maximum absolute atomic E-state index is 11.7. The summed E-state index contributed by atoms with van der Waals surface area (Å²) in [5, 5.41) is 2.70. The van der Waals surface area contributed by atoms with Gasteiger partial charge in [-0.15, -0.1) is 0 Å². The first kappa shape index (κ1) is 14.8. The summed E-state index contributed by atoms with van der Waals surface area (Å²) < 4.78 is 0. The van der Waals surface area contributed by atoms with Crippen molar-refractivity contribution >= 4 is 29.0 Å². The standard InChI is InChI=1S/C10H19N3O2S/c1-6(2)12-8(14)5-13(4)10(15)7(3)9(11)16/h6-7H,5H2,1-4H3,(H2,11,16)(H,12,14). The minimum atomic E-state index is -0.535. The number of rotatable bonds is 5. The van der Waals surface area contributed by atoms with Gasteiger partial charge in [-0.3, -0.25) is 9.59 Å². The molecule has 1 unspecified atom stereocenters. The van der Waals surface area contributed by atoms with E-state index in [1.165, 1.54) is 4.90 Å². The van der Waals surface area contributed by atoms with Gasteiger partial charge >= 0.3 is 0 Å². The van der Waals surface area contributed by atoms with E-state index in [-0.39, 0.29) is 29.4 Å². The average molecular weight is 245 g/mol. The largest absolute Gasteiger partial charge is 0.393 e. The second-order valence-corrected chi connectivity index (χ2v) is 4.51. The van der Waals surface area contributed by atoms with Gasteiger partial charge in [0.2, 0.25) is 11.8 Å². The summed E-state index contributed by atoms with van der Waals surface area (Å²) in [6, 6.07) is 0.0593. The third-order valence-corrected chi connectivity index (χ3v) is 2.36. The molecular weight excluding hydrogens is 226 g/mol. The highest BCUT2D eigenvalue weighted by atomic mass is 32.1. The molecule has 0 aromatic carbocycles. The number of amides is 2. The van der Waals surface area contributed by atoms with Gasteiger partial charge in [-0.25, -0.2) is 0 Å². The summed E-state index contributed by atoms with van der Waals surface area (Å²) >= 11 is 4.73. The molecule has 3 N–H and O–H groups in total. The molecule has 92 valence electrons. The van der Waals surface area contributed by atoms with E-state index in [2.05, 4.69) is 5.32 Å². The van der Waals surface area contributed by atoms with Crippen molar-refractivity contribution in [3.63, 3.8) is 0 Å². The normalized spacial score (nSPS) is 12.1. The van der Waals surface area contributed by atoms with Crippen LogP contribution >= 0.6 is 12.2 Å². The molecule has 2 amide bonds. The van der Waals surface area contributed by atoms with Crippen molar-refractivity contribution in [1.29, 1.82) is 0 Å². The molecule has 0 bridgehead atoms. The van der Waals surface area contributed by atoms with E-state index < -0.39 is 5.92 Å². The van der Waals surface area contributed by atoms with Crippen LogP contribution in [0.15, 0.2) is 0 Å². The lowest BCUT2D eigenvalue weighted by Crippen LogP contribution is -2.44. The Morgan fingerprint density at radius 3 is 2.25 bits per heavy atom. The van der Waals surface area contributed by atoms with E-state index in [1.54, 1.807) is 14.0 Å². The smallest absolute Gasteiger partial charge is 0.239 e. The fourth-order valence-corrected chi connectivity index (χ4v) is 1.21. The van der Waals surface area contributed by atoms with Gasteiger partial charge in [0.1, 0.15) is 0 Å². The highest BCUT2D eigenvalue weighted by Crippen LogP contribution is 2.00. The monoisotopic (exact) mass is 245 g/mol. The summed E-state index contributed by atoms with van der Waals surface area (Å²) in [5.74, 6) is -0.973. The number of likely N-dealkylation sites (N-methyl/N-ethyl adjacent to an activating group) is 1. The van der Waals surface area contributed by atoms with Gasteiger partial charge in [-0.2, -0.15) is 0 Å². The van der Waals surface area contributed by atoms with Crippen molar-refractivity contribution in [2.45, 2.75) is 26.8 Å². The molecule has 0 aliphatic heterocycles. The summed E-state index contributed by atoms with van der Waals surface area (Å²) in [6.07, 6.45) is 0. The van der Waals surface area contributed by atoms with E-state index in [9.17, 15) is 9.59 Å². The molecule has 0 saturated carbocycles. The van der Waals surface area contributed by atoms with Crippen molar-refractivity contribution in [2.75, 3.05) is 13.6 Å². The highest BCUT2D eigenvalue weighted by Gasteiger charge is 2.21. The fraction of sp³-hybridized carbons (Fsp3) is 0.700. The van der Waals surface area contributed by atoms with Crippen LogP contribution in [0, 0.1) is 5.92 Å². The topological polar surface area (TPSA) is 75.4 Å². The Morgan fingerprint density at radius 1 is 1.38 bits per heavy atom. The second-order valence-electron chi connectivity index (χ2n) is 4.04. The lowest BCUT2D eigenvalue weighted by Gasteiger charge is -2.20. The first-order valence-electron chi connectivity index (χ1n) is 5.09. The van der Waals surface area contributed by atoms with E-state index in [1.807, 2.05) is 13.8 Å². The number of nitrogens with one attached hydrogen (secondary N) is 1. The van der Waals surface area contributed by atoms with Gasteiger partial charge in [0.25, 0.3) is 0 Å². The van der Waals surface area contributed by atoms with Crippen LogP contribution in [0.25, 0.3) is 0 Å². The molecule has 0 aromatic heterocycles. The van der Waals surface area contributed by atoms with Crippen LogP contribution in [-0.2, 0) is 9.59 Å². The van der Waals surface area contributed by atoms with Crippen molar-refractivity contribution < 1.29 is 9.59 Å². The van der Waals surface area contributed by atoms with E-state index in [0.717, 1.165) is 0 Å². The van der Waals surface area contributed by atoms with Gasteiger partial charge < -0.3 is 16.0 Å². The molecule has 0 saturated heterocycles. The Kier molecular flexibility index (Phi) is 5.95. The van der Waals surface area contributed by atoms with Crippen molar-refractivity contribution in [3.8, 4) is 0 Å². The number of carbonyl (C=O) groups is 2. The Bertz CT molecular complexity index is 292. The van der Waals surface area contributed by atoms with Crippen LogP contribution in [0.3, 0.4) is 0 Å². The van der Waals surface area contributed by atoms with Crippen LogP contribution in [-0.4, -0.2) is 41.3 Å². The number of hydrogen-bond acceptors (Lipinski definition) is 3. The molecule has 5 nitrogen and oxygen atoms in total. The zero-order chi connectivity index (χ0) is 12.9. The zero-order valence-electron chi connectivity index (χ0n) is 10.1. The van der Waals surface area contributed by atoms with Crippen molar-refractivity contribution in [2.24, 2.45) is 11.7 Å². The SMILES string of the molecule is CC(C)NC(=O)CN(C)C(=O)C(C)C(N)=S. The molecule has 0 spiro atoms.